The normalized spacial score (nSPS) is 19.6. The van der Waals surface area contributed by atoms with Gasteiger partial charge in [-0.3, -0.25) is 4.90 Å². The summed E-state index contributed by atoms with van der Waals surface area (Å²) in [5.74, 6) is 1.71. The van der Waals surface area contributed by atoms with Gasteiger partial charge in [0.25, 0.3) is 0 Å². The van der Waals surface area contributed by atoms with E-state index in [1.54, 1.807) is 22.5 Å². The zero-order valence-corrected chi connectivity index (χ0v) is 16.7. The number of fused-ring (bicyclic) bond motifs is 1. The lowest BCUT2D eigenvalue weighted by Gasteiger charge is -2.25. The molecule has 0 N–H and O–H groups in total. The van der Waals surface area contributed by atoms with Gasteiger partial charge in [-0.1, -0.05) is 18.6 Å². The van der Waals surface area contributed by atoms with Crippen LogP contribution in [0.3, 0.4) is 0 Å². The number of hydrogen-bond donors (Lipinski definition) is 0. The van der Waals surface area contributed by atoms with E-state index in [0.717, 1.165) is 49.8 Å². The lowest BCUT2D eigenvalue weighted by atomic mass is 10.1. The van der Waals surface area contributed by atoms with Crippen molar-refractivity contribution < 1.29 is 8.42 Å². The molecule has 7 nitrogen and oxygen atoms in total. The first-order chi connectivity index (χ1) is 13.0. The fourth-order valence-electron chi connectivity index (χ4n) is 3.95. The van der Waals surface area contributed by atoms with Gasteiger partial charge in [-0.05, 0) is 57.0 Å². The van der Waals surface area contributed by atoms with Gasteiger partial charge in [0.1, 0.15) is 11.6 Å². The maximum atomic E-state index is 13.1. The van der Waals surface area contributed by atoms with Gasteiger partial charge in [0.15, 0.2) is 0 Å². The molecule has 2 aliphatic rings. The predicted octanol–water partition coefficient (Wildman–Crippen LogP) is 2.17. The Bertz CT molecular complexity index is 903. The van der Waals surface area contributed by atoms with E-state index in [2.05, 4.69) is 19.7 Å². The summed E-state index contributed by atoms with van der Waals surface area (Å²) >= 11 is 0. The fraction of sp³-hybridized carbons (Fsp3) is 0.579. The third-order valence-electron chi connectivity index (χ3n) is 5.45. The van der Waals surface area contributed by atoms with Gasteiger partial charge < -0.3 is 4.57 Å². The Hall–Kier alpha value is -1.77. The summed E-state index contributed by atoms with van der Waals surface area (Å²) in [6.45, 7) is 6.48. The maximum Gasteiger partial charge on any atom is 0.243 e. The average molecular weight is 390 g/mol. The van der Waals surface area contributed by atoms with Crippen LogP contribution in [0.25, 0.3) is 0 Å². The molecular formula is C19H27N5O2S. The zero-order valence-electron chi connectivity index (χ0n) is 15.8. The first kappa shape index (κ1) is 18.6. The molecule has 27 heavy (non-hydrogen) atoms. The highest BCUT2D eigenvalue weighted by atomic mass is 32.2. The van der Waals surface area contributed by atoms with Crippen LogP contribution >= 0.6 is 0 Å². The fourth-order valence-corrected chi connectivity index (χ4v) is 5.49. The quantitative estimate of drug-likeness (QED) is 0.801. The Morgan fingerprint density at radius 1 is 1.00 bits per heavy atom. The molecule has 0 spiro atoms. The number of sulfonamides is 1. The molecule has 0 aliphatic carbocycles. The Morgan fingerprint density at radius 3 is 2.59 bits per heavy atom. The topological polar surface area (TPSA) is 71.3 Å². The third-order valence-corrected chi connectivity index (χ3v) is 7.29. The van der Waals surface area contributed by atoms with Gasteiger partial charge in [0.2, 0.25) is 10.0 Å². The summed E-state index contributed by atoms with van der Waals surface area (Å²) in [5, 5.41) is 8.72. The highest BCUT2D eigenvalue weighted by molar-refractivity contribution is 7.89. The van der Waals surface area contributed by atoms with Crippen LogP contribution in [0.4, 0.5) is 0 Å². The van der Waals surface area contributed by atoms with Crippen molar-refractivity contribution >= 4 is 10.0 Å². The molecule has 1 fully saturated rings. The molecule has 0 unspecified atom stereocenters. The zero-order chi connectivity index (χ0) is 18.9. The van der Waals surface area contributed by atoms with Crippen molar-refractivity contribution in [1.29, 1.82) is 0 Å². The summed E-state index contributed by atoms with van der Waals surface area (Å²) in [7, 11) is -3.53. The number of aromatic nitrogens is 3. The molecule has 2 aromatic rings. The SMILES string of the molecule is Cc1cccc(S(=O)(=O)N2CCCn3c(CN4CCCCC4)nnc3C2)c1. The van der Waals surface area contributed by atoms with Crippen LogP contribution in [-0.2, 0) is 29.7 Å². The van der Waals surface area contributed by atoms with E-state index in [9.17, 15) is 8.42 Å². The van der Waals surface area contributed by atoms with E-state index >= 15 is 0 Å². The van der Waals surface area contributed by atoms with Gasteiger partial charge in [0.05, 0.1) is 18.0 Å². The van der Waals surface area contributed by atoms with Crippen LogP contribution in [0.15, 0.2) is 29.2 Å². The van der Waals surface area contributed by atoms with E-state index in [1.807, 2.05) is 13.0 Å². The van der Waals surface area contributed by atoms with Gasteiger partial charge in [0, 0.05) is 13.1 Å². The van der Waals surface area contributed by atoms with Gasteiger partial charge in [-0.2, -0.15) is 4.31 Å². The van der Waals surface area contributed by atoms with Crippen LogP contribution in [0.1, 0.15) is 42.9 Å². The molecule has 0 amide bonds. The second kappa shape index (κ2) is 7.69. The maximum absolute atomic E-state index is 13.1. The number of hydrogen-bond acceptors (Lipinski definition) is 5. The molecular weight excluding hydrogens is 362 g/mol. The molecule has 146 valence electrons. The van der Waals surface area contributed by atoms with Crippen molar-refractivity contribution in [2.75, 3.05) is 19.6 Å². The molecule has 0 radical (unpaired) electrons. The van der Waals surface area contributed by atoms with Crippen LogP contribution in [-0.4, -0.2) is 52.0 Å². The van der Waals surface area contributed by atoms with Crippen LogP contribution in [0.2, 0.25) is 0 Å². The van der Waals surface area contributed by atoms with Gasteiger partial charge in [-0.25, -0.2) is 8.42 Å². The Morgan fingerprint density at radius 2 is 1.81 bits per heavy atom. The number of nitrogens with zero attached hydrogens (tertiary/aromatic N) is 5. The molecule has 0 bridgehead atoms. The first-order valence-electron chi connectivity index (χ1n) is 9.74. The summed E-state index contributed by atoms with van der Waals surface area (Å²) in [4.78, 5) is 2.77. The van der Waals surface area contributed by atoms with Crippen LogP contribution in [0, 0.1) is 6.92 Å². The van der Waals surface area contributed by atoms with E-state index in [1.165, 1.54) is 19.3 Å². The van der Waals surface area contributed by atoms with E-state index < -0.39 is 10.0 Å². The highest BCUT2D eigenvalue weighted by Gasteiger charge is 2.29. The molecule has 8 heteroatoms. The second-order valence-electron chi connectivity index (χ2n) is 7.53. The largest absolute Gasteiger partial charge is 0.313 e. The van der Waals surface area contributed by atoms with Crippen molar-refractivity contribution in [2.24, 2.45) is 0 Å². The minimum Gasteiger partial charge on any atom is -0.313 e. The van der Waals surface area contributed by atoms with Crippen molar-refractivity contribution in [3.05, 3.63) is 41.5 Å². The number of likely N-dealkylation sites (tertiary alicyclic amines) is 1. The van der Waals surface area contributed by atoms with Crippen molar-refractivity contribution in [1.82, 2.24) is 24.0 Å². The Balaban J connectivity index is 1.55. The molecule has 1 aromatic carbocycles. The van der Waals surface area contributed by atoms with Crippen molar-refractivity contribution in [2.45, 2.75) is 57.1 Å². The third kappa shape index (κ3) is 3.93. The standard InChI is InChI=1S/C19H27N5O2S/c1-16-7-5-8-17(13-16)27(25,26)23-11-6-12-24-18(20-21-19(24)15-23)14-22-9-3-2-4-10-22/h5,7-8,13H,2-4,6,9-12,14-15H2,1H3. The molecule has 3 heterocycles. The lowest BCUT2D eigenvalue weighted by Crippen LogP contribution is -2.31. The van der Waals surface area contributed by atoms with Crippen molar-refractivity contribution in [3.63, 3.8) is 0 Å². The summed E-state index contributed by atoms with van der Waals surface area (Å²) in [6.07, 6.45) is 4.55. The lowest BCUT2D eigenvalue weighted by molar-refractivity contribution is 0.213. The number of benzene rings is 1. The predicted molar refractivity (Wildman–Crippen MR) is 103 cm³/mol. The molecule has 1 aromatic heterocycles. The minimum absolute atomic E-state index is 0.281. The monoisotopic (exact) mass is 389 g/mol. The highest BCUT2D eigenvalue weighted by Crippen LogP contribution is 2.23. The van der Waals surface area contributed by atoms with Crippen LogP contribution < -0.4 is 0 Å². The number of rotatable bonds is 4. The summed E-state index contributed by atoms with van der Waals surface area (Å²) < 4.78 is 29.8. The summed E-state index contributed by atoms with van der Waals surface area (Å²) in [5.41, 5.74) is 0.942. The summed E-state index contributed by atoms with van der Waals surface area (Å²) in [6, 6.07) is 7.09. The molecule has 2 aliphatic heterocycles. The minimum atomic E-state index is -3.53. The van der Waals surface area contributed by atoms with Crippen LogP contribution in [0.5, 0.6) is 0 Å². The molecule has 4 rings (SSSR count). The van der Waals surface area contributed by atoms with E-state index in [4.69, 9.17) is 0 Å². The van der Waals surface area contributed by atoms with Gasteiger partial charge in [-0.15, -0.1) is 10.2 Å². The van der Waals surface area contributed by atoms with Crippen molar-refractivity contribution in [3.8, 4) is 0 Å². The Labute approximate surface area is 161 Å². The van der Waals surface area contributed by atoms with E-state index in [0.29, 0.717) is 11.4 Å². The number of piperidine rings is 1. The first-order valence-corrected chi connectivity index (χ1v) is 11.2. The van der Waals surface area contributed by atoms with E-state index in [-0.39, 0.29) is 6.54 Å². The molecule has 0 atom stereocenters. The molecule has 1 saturated heterocycles. The smallest absolute Gasteiger partial charge is 0.243 e. The average Bonchev–Trinajstić information content (AvgIpc) is 2.89. The number of aryl methyl sites for hydroxylation is 1. The van der Waals surface area contributed by atoms with Gasteiger partial charge >= 0.3 is 0 Å². The second-order valence-corrected chi connectivity index (χ2v) is 9.47. The molecule has 0 saturated carbocycles. The Kier molecular flexibility index (Phi) is 5.29.